The molecule has 0 atom stereocenters. The van der Waals surface area contributed by atoms with Gasteiger partial charge in [-0.2, -0.15) is 0 Å². The summed E-state index contributed by atoms with van der Waals surface area (Å²) < 4.78 is 3.35. The summed E-state index contributed by atoms with van der Waals surface area (Å²) in [4.78, 5) is 13.6. The van der Waals surface area contributed by atoms with E-state index in [4.69, 9.17) is 0 Å². The van der Waals surface area contributed by atoms with Crippen LogP contribution in [0.2, 0.25) is 0 Å². The Bertz CT molecular complexity index is 1610. The van der Waals surface area contributed by atoms with Gasteiger partial charge >= 0.3 is 0 Å². The van der Waals surface area contributed by atoms with Crippen LogP contribution in [-0.2, 0) is 7.05 Å². The van der Waals surface area contributed by atoms with Crippen LogP contribution >= 0.6 is 0 Å². The molecule has 1 aromatic heterocycles. The van der Waals surface area contributed by atoms with E-state index in [-0.39, 0.29) is 28.6 Å². The molecule has 9 nitrogen and oxygen atoms in total. The zero-order valence-electron chi connectivity index (χ0n) is 19.6. The average Bonchev–Trinajstić information content (AvgIpc) is 3.36. The van der Waals surface area contributed by atoms with Crippen molar-refractivity contribution in [1.82, 2.24) is 9.36 Å². The van der Waals surface area contributed by atoms with Gasteiger partial charge in [-0.25, -0.2) is 4.68 Å². The summed E-state index contributed by atoms with van der Waals surface area (Å²) in [6.45, 7) is 1.85. The molecule has 1 aliphatic heterocycles. The van der Waals surface area contributed by atoms with Gasteiger partial charge in [0.2, 0.25) is 5.84 Å². The van der Waals surface area contributed by atoms with Gasteiger partial charge in [-0.3, -0.25) is 9.48 Å². The Labute approximate surface area is 206 Å². The van der Waals surface area contributed by atoms with Crippen molar-refractivity contribution < 1.29 is 10.2 Å². The van der Waals surface area contributed by atoms with Crippen LogP contribution in [0.3, 0.4) is 0 Å². The molecular formula is C27H22N6O3. The SMILES string of the molecule is Cc1c(C2=NN=C(N=Nc3c(O)cccc3O)/C2=C\c2ccccc2)c(=O)n(-c2ccccc2)n1C. The summed E-state index contributed by atoms with van der Waals surface area (Å²) in [5, 5.41) is 36.8. The number of hydrogen-bond donors (Lipinski definition) is 2. The monoisotopic (exact) mass is 478 g/mol. The van der Waals surface area contributed by atoms with Gasteiger partial charge in [-0.05, 0) is 42.8 Å². The second kappa shape index (κ2) is 9.30. The highest BCUT2D eigenvalue weighted by Crippen LogP contribution is 2.36. The third-order valence-corrected chi connectivity index (χ3v) is 5.88. The second-order valence-corrected chi connectivity index (χ2v) is 8.12. The van der Waals surface area contributed by atoms with Crippen LogP contribution in [0.15, 0.2) is 110 Å². The van der Waals surface area contributed by atoms with E-state index in [0.717, 1.165) is 11.3 Å². The second-order valence-electron chi connectivity index (χ2n) is 8.12. The molecule has 0 aliphatic carbocycles. The largest absolute Gasteiger partial charge is 0.505 e. The fourth-order valence-corrected chi connectivity index (χ4v) is 3.98. The Kier molecular flexibility index (Phi) is 5.87. The summed E-state index contributed by atoms with van der Waals surface area (Å²) in [6.07, 6.45) is 1.83. The predicted molar refractivity (Wildman–Crippen MR) is 138 cm³/mol. The number of phenolic OH excluding ortho intramolecular Hbond substituents is 2. The average molecular weight is 479 g/mol. The van der Waals surface area contributed by atoms with Gasteiger partial charge in [0.05, 0.1) is 16.8 Å². The number of aromatic nitrogens is 2. The van der Waals surface area contributed by atoms with Crippen LogP contribution in [0.5, 0.6) is 11.5 Å². The highest BCUT2D eigenvalue weighted by Gasteiger charge is 2.29. The number of hydrogen-bond acceptors (Lipinski definition) is 7. The normalized spacial score (nSPS) is 14.4. The molecule has 9 heteroatoms. The summed E-state index contributed by atoms with van der Waals surface area (Å²) >= 11 is 0. The Morgan fingerprint density at radius 3 is 2.14 bits per heavy atom. The topological polar surface area (TPSA) is 117 Å². The highest BCUT2D eigenvalue weighted by atomic mass is 16.3. The molecular weight excluding hydrogens is 456 g/mol. The van der Waals surface area contributed by atoms with Crippen LogP contribution in [0, 0.1) is 6.92 Å². The molecule has 4 aromatic rings. The van der Waals surface area contributed by atoms with Crippen molar-refractivity contribution in [1.29, 1.82) is 0 Å². The van der Waals surface area contributed by atoms with Crippen molar-refractivity contribution in [2.24, 2.45) is 27.5 Å². The Morgan fingerprint density at radius 2 is 1.47 bits per heavy atom. The first-order chi connectivity index (χ1) is 17.5. The van der Waals surface area contributed by atoms with E-state index in [1.165, 1.54) is 18.2 Å². The minimum Gasteiger partial charge on any atom is -0.505 e. The van der Waals surface area contributed by atoms with Crippen LogP contribution < -0.4 is 5.56 Å². The lowest BCUT2D eigenvalue weighted by Gasteiger charge is -2.07. The van der Waals surface area contributed by atoms with Crippen molar-refractivity contribution >= 4 is 23.3 Å². The van der Waals surface area contributed by atoms with Gasteiger partial charge in [-0.15, -0.1) is 20.4 Å². The molecule has 178 valence electrons. The summed E-state index contributed by atoms with van der Waals surface area (Å²) in [5.74, 6) is -0.307. The van der Waals surface area contributed by atoms with Gasteiger partial charge in [0.25, 0.3) is 5.56 Å². The van der Waals surface area contributed by atoms with E-state index in [9.17, 15) is 15.0 Å². The molecule has 0 radical (unpaired) electrons. The van der Waals surface area contributed by atoms with E-state index in [1.807, 2.05) is 80.7 Å². The van der Waals surface area contributed by atoms with Crippen LogP contribution in [0.4, 0.5) is 5.69 Å². The minimum atomic E-state index is -0.245. The standard InChI is InChI=1S/C27H22N6O3/c1-17-23(27(36)33(32(17)2)19-12-7-4-8-13-19)24-20(16-18-10-5-3-6-11-18)26(30-28-24)31-29-25-21(34)14-9-15-22(25)35/h3-16,34-35H,1-2H3/b20-16-,31-29?. The molecule has 5 rings (SSSR count). The maximum absolute atomic E-state index is 13.6. The molecule has 36 heavy (non-hydrogen) atoms. The zero-order chi connectivity index (χ0) is 25.2. The molecule has 0 spiro atoms. The minimum absolute atomic E-state index is 0.0879. The number of amidine groups is 1. The molecule has 2 heterocycles. The molecule has 2 N–H and O–H groups in total. The van der Waals surface area contributed by atoms with Gasteiger partial charge < -0.3 is 10.2 Å². The fourth-order valence-electron chi connectivity index (χ4n) is 3.98. The third-order valence-electron chi connectivity index (χ3n) is 5.88. The molecule has 0 saturated heterocycles. The zero-order valence-corrected chi connectivity index (χ0v) is 19.6. The quantitative estimate of drug-likeness (QED) is 0.407. The molecule has 0 fully saturated rings. The van der Waals surface area contributed by atoms with Crippen LogP contribution in [0.25, 0.3) is 11.8 Å². The Balaban J connectivity index is 1.62. The number of benzene rings is 3. The maximum Gasteiger partial charge on any atom is 0.281 e. The van der Waals surface area contributed by atoms with Crippen LogP contribution in [-0.4, -0.2) is 31.1 Å². The summed E-state index contributed by atoms with van der Waals surface area (Å²) in [7, 11) is 1.81. The smallest absolute Gasteiger partial charge is 0.281 e. The Hall–Kier alpha value is -5.05. The number of rotatable bonds is 4. The van der Waals surface area contributed by atoms with Crippen molar-refractivity contribution in [3.63, 3.8) is 0 Å². The summed E-state index contributed by atoms with van der Waals surface area (Å²) in [5.41, 5.74) is 3.19. The fraction of sp³-hybridized carbons (Fsp3) is 0.0741. The Morgan fingerprint density at radius 1 is 0.833 bits per heavy atom. The van der Waals surface area contributed by atoms with E-state index < -0.39 is 0 Å². The number of para-hydroxylation sites is 1. The van der Waals surface area contributed by atoms with Gasteiger partial charge in [0.15, 0.2) is 5.69 Å². The lowest BCUT2D eigenvalue weighted by atomic mass is 10.00. The molecule has 0 saturated carbocycles. The van der Waals surface area contributed by atoms with E-state index in [0.29, 0.717) is 22.5 Å². The van der Waals surface area contributed by atoms with Crippen molar-refractivity contribution in [2.75, 3.05) is 0 Å². The highest BCUT2D eigenvalue weighted by molar-refractivity contribution is 6.34. The first kappa shape index (κ1) is 22.7. The molecule has 3 aromatic carbocycles. The van der Waals surface area contributed by atoms with Gasteiger partial charge in [0, 0.05) is 12.7 Å². The van der Waals surface area contributed by atoms with Crippen molar-refractivity contribution in [3.05, 3.63) is 112 Å². The first-order valence-electron chi connectivity index (χ1n) is 11.2. The number of nitrogens with zero attached hydrogens (tertiary/aromatic N) is 6. The lowest BCUT2D eigenvalue weighted by molar-refractivity contribution is 0.452. The predicted octanol–water partition coefficient (Wildman–Crippen LogP) is 4.88. The van der Waals surface area contributed by atoms with Crippen LogP contribution in [0.1, 0.15) is 16.8 Å². The number of aromatic hydroxyl groups is 2. The molecule has 0 bridgehead atoms. The number of azo groups is 1. The van der Waals surface area contributed by atoms with E-state index in [2.05, 4.69) is 20.4 Å². The van der Waals surface area contributed by atoms with Crippen molar-refractivity contribution in [3.8, 4) is 17.2 Å². The maximum atomic E-state index is 13.6. The molecule has 1 aliphatic rings. The molecule has 0 unspecified atom stereocenters. The lowest BCUT2D eigenvalue weighted by Crippen LogP contribution is -2.23. The van der Waals surface area contributed by atoms with E-state index >= 15 is 0 Å². The van der Waals surface area contributed by atoms with Gasteiger partial charge in [-0.1, -0.05) is 54.6 Å². The molecule has 0 amide bonds. The summed E-state index contributed by atoms with van der Waals surface area (Å²) in [6, 6.07) is 23.1. The van der Waals surface area contributed by atoms with Crippen molar-refractivity contribution in [2.45, 2.75) is 6.92 Å². The third kappa shape index (κ3) is 4.03. The first-order valence-corrected chi connectivity index (χ1v) is 11.2. The van der Waals surface area contributed by atoms with Gasteiger partial charge in [0.1, 0.15) is 17.2 Å². The van der Waals surface area contributed by atoms with E-state index in [1.54, 1.807) is 9.36 Å². The number of phenols is 2.